The maximum atomic E-state index is 13.6. The molecule has 1 atom stereocenters. The second-order valence-corrected chi connectivity index (χ2v) is 8.77. The monoisotopic (exact) mass is 494 g/mol. The fraction of sp³-hybridized carbons (Fsp3) is 0.269. The lowest BCUT2D eigenvalue weighted by Gasteiger charge is -2.25. The third-order valence-corrected chi connectivity index (χ3v) is 6.57. The molecule has 0 spiro atoms. The van der Waals surface area contributed by atoms with E-state index in [1.807, 2.05) is 36.4 Å². The molecule has 2 aromatic carbocycles. The van der Waals surface area contributed by atoms with E-state index in [-0.39, 0.29) is 18.8 Å². The van der Waals surface area contributed by atoms with Gasteiger partial charge in [0.15, 0.2) is 4.80 Å². The standard InChI is InChI=1S/C26H26N2O6S/c1-16-22(25(30)34-13-12-31-2)23(18-8-10-19(32-3)11-9-18)28-24(29)21(35-26(28)27-16)15-17-6-5-7-20(14-17)33-4/h5-11,14-15,23H,12-13H2,1-4H3/b21-15+/t23-/m1/s1. The van der Waals surface area contributed by atoms with Gasteiger partial charge in [0.2, 0.25) is 0 Å². The van der Waals surface area contributed by atoms with Gasteiger partial charge in [0, 0.05) is 7.11 Å². The average molecular weight is 495 g/mol. The molecule has 0 amide bonds. The van der Waals surface area contributed by atoms with Crippen molar-refractivity contribution in [2.24, 2.45) is 4.99 Å². The molecular formula is C26H26N2O6S. The highest BCUT2D eigenvalue weighted by atomic mass is 32.1. The highest BCUT2D eigenvalue weighted by Gasteiger charge is 2.33. The van der Waals surface area contributed by atoms with E-state index in [1.165, 1.54) is 18.4 Å². The van der Waals surface area contributed by atoms with E-state index in [4.69, 9.17) is 18.9 Å². The van der Waals surface area contributed by atoms with Crippen LogP contribution >= 0.6 is 11.3 Å². The Labute approximate surface area is 206 Å². The number of aromatic nitrogens is 1. The number of benzene rings is 2. The Morgan fingerprint density at radius 1 is 1.06 bits per heavy atom. The van der Waals surface area contributed by atoms with Gasteiger partial charge in [-0.2, -0.15) is 0 Å². The van der Waals surface area contributed by atoms with Gasteiger partial charge >= 0.3 is 5.97 Å². The first kappa shape index (κ1) is 24.4. The van der Waals surface area contributed by atoms with Crippen molar-refractivity contribution in [3.8, 4) is 11.5 Å². The predicted molar refractivity (Wildman–Crippen MR) is 133 cm³/mol. The second kappa shape index (κ2) is 10.7. The SMILES string of the molecule is COCCOC(=O)C1=C(C)N=c2s/c(=C/c3cccc(OC)c3)c(=O)n2[C@@H]1c1ccc(OC)cc1. The molecule has 1 aromatic heterocycles. The van der Waals surface area contributed by atoms with Crippen molar-refractivity contribution in [3.63, 3.8) is 0 Å². The molecule has 0 unspecified atom stereocenters. The molecule has 0 bridgehead atoms. The number of rotatable bonds is 8. The summed E-state index contributed by atoms with van der Waals surface area (Å²) >= 11 is 1.27. The summed E-state index contributed by atoms with van der Waals surface area (Å²) in [6, 6.07) is 14.0. The molecular weight excluding hydrogens is 468 g/mol. The van der Waals surface area contributed by atoms with E-state index in [0.717, 1.165) is 11.1 Å². The number of hydrogen-bond acceptors (Lipinski definition) is 8. The van der Waals surface area contributed by atoms with Gasteiger partial charge in [-0.05, 0) is 48.4 Å². The van der Waals surface area contributed by atoms with Gasteiger partial charge in [0.1, 0.15) is 18.1 Å². The Kier molecular flexibility index (Phi) is 7.48. The summed E-state index contributed by atoms with van der Waals surface area (Å²) in [5, 5.41) is 0. The van der Waals surface area contributed by atoms with Crippen molar-refractivity contribution in [2.45, 2.75) is 13.0 Å². The molecule has 0 aliphatic carbocycles. The quantitative estimate of drug-likeness (QED) is 0.353. The molecule has 3 aromatic rings. The molecule has 1 aliphatic heterocycles. The van der Waals surface area contributed by atoms with Gasteiger partial charge in [-0.3, -0.25) is 9.36 Å². The minimum absolute atomic E-state index is 0.0989. The van der Waals surface area contributed by atoms with Gasteiger partial charge in [0.25, 0.3) is 5.56 Å². The van der Waals surface area contributed by atoms with Crippen LogP contribution in [0.25, 0.3) is 6.08 Å². The zero-order valence-corrected chi connectivity index (χ0v) is 20.8. The fourth-order valence-electron chi connectivity index (χ4n) is 3.86. The van der Waals surface area contributed by atoms with Crippen LogP contribution in [-0.2, 0) is 14.3 Å². The number of carbonyl (C=O) groups is 1. The van der Waals surface area contributed by atoms with Crippen molar-refractivity contribution < 1.29 is 23.7 Å². The lowest BCUT2D eigenvalue weighted by atomic mass is 9.96. The number of ether oxygens (including phenoxy) is 4. The summed E-state index contributed by atoms with van der Waals surface area (Å²) in [5.74, 6) is 0.829. The van der Waals surface area contributed by atoms with Crippen LogP contribution in [-0.4, -0.2) is 45.1 Å². The molecule has 35 heavy (non-hydrogen) atoms. The third kappa shape index (κ3) is 5.06. The lowest BCUT2D eigenvalue weighted by Crippen LogP contribution is -2.40. The van der Waals surface area contributed by atoms with E-state index in [1.54, 1.807) is 43.9 Å². The van der Waals surface area contributed by atoms with Crippen LogP contribution in [0.1, 0.15) is 24.1 Å². The molecule has 4 rings (SSSR count). The maximum absolute atomic E-state index is 13.6. The molecule has 0 radical (unpaired) electrons. The molecule has 182 valence electrons. The summed E-state index contributed by atoms with van der Waals surface area (Å²) in [6.07, 6.45) is 1.80. The van der Waals surface area contributed by atoms with Gasteiger partial charge in [-0.25, -0.2) is 9.79 Å². The van der Waals surface area contributed by atoms with Crippen molar-refractivity contribution in [1.82, 2.24) is 4.57 Å². The van der Waals surface area contributed by atoms with E-state index in [0.29, 0.717) is 32.1 Å². The molecule has 2 heterocycles. The minimum atomic E-state index is -0.695. The molecule has 1 aliphatic rings. The van der Waals surface area contributed by atoms with Crippen molar-refractivity contribution >= 4 is 23.4 Å². The maximum Gasteiger partial charge on any atom is 0.338 e. The van der Waals surface area contributed by atoms with Gasteiger partial charge < -0.3 is 18.9 Å². The first-order valence-corrected chi connectivity index (χ1v) is 11.7. The first-order valence-electron chi connectivity index (χ1n) is 10.9. The molecule has 0 N–H and O–H groups in total. The number of hydrogen-bond donors (Lipinski definition) is 0. The van der Waals surface area contributed by atoms with Crippen molar-refractivity contribution in [1.29, 1.82) is 0 Å². The Hall–Kier alpha value is -3.69. The van der Waals surface area contributed by atoms with Crippen LogP contribution in [0.2, 0.25) is 0 Å². The highest BCUT2D eigenvalue weighted by Crippen LogP contribution is 2.31. The number of thiazole rings is 1. The summed E-state index contributed by atoms with van der Waals surface area (Å²) < 4.78 is 23.1. The number of allylic oxidation sites excluding steroid dienone is 1. The summed E-state index contributed by atoms with van der Waals surface area (Å²) in [4.78, 5) is 31.9. The summed E-state index contributed by atoms with van der Waals surface area (Å²) in [7, 11) is 4.71. The predicted octanol–water partition coefficient (Wildman–Crippen LogP) is 2.44. The molecule has 0 saturated heterocycles. The lowest BCUT2D eigenvalue weighted by molar-refractivity contribution is -0.140. The van der Waals surface area contributed by atoms with Crippen LogP contribution in [0, 0.1) is 0 Å². The second-order valence-electron chi connectivity index (χ2n) is 7.76. The number of carbonyl (C=O) groups excluding carboxylic acids is 1. The fourth-order valence-corrected chi connectivity index (χ4v) is 4.91. The Balaban J connectivity index is 1.87. The molecule has 9 heteroatoms. The zero-order chi connectivity index (χ0) is 24.9. The first-order chi connectivity index (χ1) is 17.0. The van der Waals surface area contributed by atoms with Gasteiger partial charge in [-0.1, -0.05) is 35.6 Å². The molecule has 8 nitrogen and oxygen atoms in total. The average Bonchev–Trinajstić information content (AvgIpc) is 3.17. The van der Waals surface area contributed by atoms with Gasteiger partial charge in [-0.15, -0.1) is 0 Å². The van der Waals surface area contributed by atoms with E-state index >= 15 is 0 Å². The Morgan fingerprint density at radius 2 is 1.80 bits per heavy atom. The third-order valence-electron chi connectivity index (χ3n) is 5.59. The molecule has 0 saturated carbocycles. The van der Waals surface area contributed by atoms with Crippen molar-refractivity contribution in [2.75, 3.05) is 34.5 Å². The summed E-state index contributed by atoms with van der Waals surface area (Å²) in [6.45, 7) is 2.12. The number of nitrogens with zero attached hydrogens (tertiary/aromatic N) is 2. The smallest absolute Gasteiger partial charge is 0.338 e. The largest absolute Gasteiger partial charge is 0.497 e. The van der Waals surface area contributed by atoms with Crippen LogP contribution < -0.4 is 24.4 Å². The topological polar surface area (TPSA) is 88.4 Å². The van der Waals surface area contributed by atoms with E-state index < -0.39 is 12.0 Å². The molecule has 0 fully saturated rings. The minimum Gasteiger partial charge on any atom is -0.497 e. The van der Waals surface area contributed by atoms with E-state index in [9.17, 15) is 9.59 Å². The highest BCUT2D eigenvalue weighted by molar-refractivity contribution is 7.07. The Morgan fingerprint density at radius 3 is 2.49 bits per heavy atom. The number of fused-ring (bicyclic) bond motifs is 1. The normalized spacial score (nSPS) is 15.4. The van der Waals surface area contributed by atoms with Crippen LogP contribution in [0.3, 0.4) is 0 Å². The number of methoxy groups -OCH3 is 3. The number of esters is 1. The van der Waals surface area contributed by atoms with Crippen LogP contribution in [0.15, 0.2) is 69.6 Å². The Bertz CT molecular complexity index is 1440. The zero-order valence-electron chi connectivity index (χ0n) is 19.9. The van der Waals surface area contributed by atoms with Gasteiger partial charge in [0.05, 0.1) is 42.7 Å². The van der Waals surface area contributed by atoms with Crippen LogP contribution in [0.5, 0.6) is 11.5 Å². The van der Waals surface area contributed by atoms with E-state index in [2.05, 4.69) is 4.99 Å². The summed E-state index contributed by atoms with van der Waals surface area (Å²) in [5.41, 5.74) is 2.14. The van der Waals surface area contributed by atoms with Crippen LogP contribution in [0.4, 0.5) is 0 Å². The van der Waals surface area contributed by atoms with Crippen molar-refractivity contribution in [3.05, 3.63) is 90.6 Å².